The van der Waals surface area contributed by atoms with E-state index < -0.39 is 0 Å². The quantitative estimate of drug-likeness (QED) is 0.559. The SMILES string of the molecule is N#CCCN(I)CCC#N. The maximum Gasteiger partial charge on any atom is 0.0635 e. The van der Waals surface area contributed by atoms with Crippen LogP contribution in [0, 0.1) is 22.7 Å². The lowest BCUT2D eigenvalue weighted by Gasteiger charge is -2.07. The van der Waals surface area contributed by atoms with Crippen molar-refractivity contribution >= 4 is 22.9 Å². The van der Waals surface area contributed by atoms with Crippen LogP contribution in [0.5, 0.6) is 0 Å². The average Bonchev–Trinajstić information content (AvgIpc) is 1.97. The third-order valence-electron chi connectivity index (χ3n) is 0.932. The van der Waals surface area contributed by atoms with Crippen molar-refractivity contribution in [1.29, 1.82) is 10.5 Å². The molecular formula is C6H8IN3. The highest BCUT2D eigenvalue weighted by Gasteiger charge is 1.96. The summed E-state index contributed by atoms with van der Waals surface area (Å²) in [4.78, 5) is 0. The lowest BCUT2D eigenvalue weighted by Crippen LogP contribution is -2.13. The molecule has 0 saturated heterocycles. The van der Waals surface area contributed by atoms with Crippen molar-refractivity contribution in [2.75, 3.05) is 13.1 Å². The first kappa shape index (κ1) is 9.67. The van der Waals surface area contributed by atoms with Crippen molar-refractivity contribution in [1.82, 2.24) is 3.11 Å². The van der Waals surface area contributed by atoms with Gasteiger partial charge in [-0.25, -0.2) is 3.11 Å². The summed E-state index contributed by atoms with van der Waals surface area (Å²) in [6.07, 6.45) is 1.07. The first-order valence-electron chi connectivity index (χ1n) is 2.96. The van der Waals surface area contributed by atoms with Crippen LogP contribution in [0.1, 0.15) is 12.8 Å². The molecule has 0 fully saturated rings. The predicted molar refractivity (Wildman–Crippen MR) is 46.1 cm³/mol. The number of nitrogens with zero attached hydrogens (tertiary/aromatic N) is 3. The molecule has 54 valence electrons. The molecule has 0 aliphatic heterocycles. The topological polar surface area (TPSA) is 50.8 Å². The summed E-state index contributed by atoms with van der Waals surface area (Å²) in [7, 11) is 0. The van der Waals surface area contributed by atoms with E-state index in [-0.39, 0.29) is 0 Å². The van der Waals surface area contributed by atoms with Crippen molar-refractivity contribution in [3.8, 4) is 12.1 Å². The summed E-state index contributed by atoms with van der Waals surface area (Å²) in [5, 5.41) is 16.4. The molecule has 0 rings (SSSR count). The molecule has 0 saturated carbocycles. The molecule has 3 nitrogen and oxygen atoms in total. The van der Waals surface area contributed by atoms with Gasteiger partial charge in [-0.2, -0.15) is 10.5 Å². The Morgan fingerprint density at radius 2 is 1.50 bits per heavy atom. The van der Waals surface area contributed by atoms with Gasteiger partial charge in [0, 0.05) is 48.8 Å². The first-order chi connectivity index (χ1) is 4.81. The van der Waals surface area contributed by atoms with Gasteiger partial charge in [-0.3, -0.25) is 0 Å². The van der Waals surface area contributed by atoms with Crippen molar-refractivity contribution in [2.24, 2.45) is 0 Å². The molecule has 0 radical (unpaired) electrons. The summed E-state index contributed by atoms with van der Waals surface area (Å²) in [5.41, 5.74) is 0. The Labute approximate surface area is 74.7 Å². The Hall–Kier alpha value is -0.330. The van der Waals surface area contributed by atoms with Crippen molar-refractivity contribution in [3.63, 3.8) is 0 Å². The summed E-state index contributed by atoms with van der Waals surface area (Å²) in [6.45, 7) is 1.50. The van der Waals surface area contributed by atoms with Crippen LogP contribution >= 0.6 is 22.9 Å². The van der Waals surface area contributed by atoms with Crippen molar-refractivity contribution in [3.05, 3.63) is 0 Å². The van der Waals surface area contributed by atoms with Gasteiger partial charge in [0.15, 0.2) is 0 Å². The monoisotopic (exact) mass is 249 g/mol. The summed E-state index contributed by atoms with van der Waals surface area (Å²) in [6, 6.07) is 4.09. The van der Waals surface area contributed by atoms with Crippen LogP contribution in [0.15, 0.2) is 0 Å². The molecule has 0 aromatic carbocycles. The summed E-state index contributed by atoms with van der Waals surface area (Å²) < 4.78 is 1.95. The molecule has 0 bridgehead atoms. The smallest absolute Gasteiger partial charge is 0.0635 e. The number of nitriles is 2. The van der Waals surface area contributed by atoms with Gasteiger partial charge in [-0.05, 0) is 0 Å². The van der Waals surface area contributed by atoms with Gasteiger partial charge in [-0.15, -0.1) is 0 Å². The van der Waals surface area contributed by atoms with E-state index in [2.05, 4.69) is 22.9 Å². The Kier molecular flexibility index (Phi) is 6.56. The molecule has 0 atom stereocenters. The average molecular weight is 249 g/mol. The van der Waals surface area contributed by atoms with Crippen molar-refractivity contribution in [2.45, 2.75) is 12.8 Å². The number of halogens is 1. The maximum atomic E-state index is 8.20. The van der Waals surface area contributed by atoms with Crippen LogP contribution in [-0.2, 0) is 0 Å². The molecular weight excluding hydrogens is 241 g/mol. The third kappa shape index (κ3) is 5.80. The van der Waals surface area contributed by atoms with Gasteiger partial charge >= 0.3 is 0 Å². The Balaban J connectivity index is 3.20. The van der Waals surface area contributed by atoms with Gasteiger partial charge in [0.25, 0.3) is 0 Å². The van der Waals surface area contributed by atoms with Crippen LogP contribution in [0.25, 0.3) is 0 Å². The number of hydrogen-bond donors (Lipinski definition) is 0. The van der Waals surface area contributed by atoms with Gasteiger partial charge in [-0.1, -0.05) is 0 Å². The van der Waals surface area contributed by atoms with E-state index in [1.54, 1.807) is 0 Å². The van der Waals surface area contributed by atoms with Crippen LogP contribution in [0.4, 0.5) is 0 Å². The van der Waals surface area contributed by atoms with Crippen LogP contribution in [0.2, 0.25) is 0 Å². The minimum Gasteiger partial charge on any atom is -0.245 e. The molecule has 0 N–H and O–H groups in total. The molecule has 10 heavy (non-hydrogen) atoms. The molecule has 0 aliphatic carbocycles. The second-order valence-electron chi connectivity index (χ2n) is 1.73. The van der Waals surface area contributed by atoms with Gasteiger partial charge in [0.1, 0.15) is 0 Å². The summed E-state index contributed by atoms with van der Waals surface area (Å²) in [5.74, 6) is 0. The van der Waals surface area contributed by atoms with E-state index >= 15 is 0 Å². The van der Waals surface area contributed by atoms with Gasteiger partial charge in [0.05, 0.1) is 12.1 Å². The fourth-order valence-electron chi connectivity index (χ4n) is 0.454. The molecule has 0 unspecified atom stereocenters. The highest BCUT2D eigenvalue weighted by Crippen LogP contribution is 2.00. The minimum atomic E-state index is 0.536. The zero-order valence-electron chi connectivity index (χ0n) is 5.55. The molecule has 0 heterocycles. The normalized spacial score (nSPS) is 8.80. The molecule has 0 amide bonds. The summed E-state index contributed by atoms with van der Waals surface area (Å²) >= 11 is 2.12. The van der Waals surface area contributed by atoms with E-state index in [9.17, 15) is 0 Å². The van der Waals surface area contributed by atoms with E-state index in [1.165, 1.54) is 0 Å². The van der Waals surface area contributed by atoms with E-state index in [0.717, 1.165) is 13.1 Å². The molecule has 0 spiro atoms. The lowest BCUT2D eigenvalue weighted by atomic mass is 10.4. The van der Waals surface area contributed by atoms with E-state index in [1.807, 2.05) is 15.3 Å². The minimum absolute atomic E-state index is 0.536. The second-order valence-corrected chi connectivity index (χ2v) is 3.09. The number of hydrogen-bond acceptors (Lipinski definition) is 3. The Morgan fingerprint density at radius 3 is 1.80 bits per heavy atom. The molecule has 0 aromatic rings. The lowest BCUT2D eigenvalue weighted by molar-refractivity contribution is 0.530. The highest BCUT2D eigenvalue weighted by atomic mass is 127. The molecule has 0 aromatic heterocycles. The Morgan fingerprint density at radius 1 is 1.10 bits per heavy atom. The fraction of sp³-hybridized carbons (Fsp3) is 0.667. The largest absolute Gasteiger partial charge is 0.245 e. The first-order valence-corrected chi connectivity index (χ1v) is 3.92. The van der Waals surface area contributed by atoms with Gasteiger partial charge < -0.3 is 0 Å². The van der Waals surface area contributed by atoms with E-state index in [0.29, 0.717) is 12.8 Å². The predicted octanol–water partition coefficient (Wildman–Crippen LogP) is 1.47. The van der Waals surface area contributed by atoms with Gasteiger partial charge in [0.2, 0.25) is 0 Å². The molecule has 4 heteroatoms. The Bertz CT molecular complexity index is 137. The fourth-order valence-corrected chi connectivity index (χ4v) is 0.937. The van der Waals surface area contributed by atoms with Crippen LogP contribution in [-0.4, -0.2) is 16.2 Å². The third-order valence-corrected chi connectivity index (χ3v) is 1.90. The van der Waals surface area contributed by atoms with Crippen LogP contribution in [0.3, 0.4) is 0 Å². The second kappa shape index (κ2) is 6.79. The number of rotatable bonds is 4. The standard InChI is InChI=1S/C6H8IN3/c7-10(5-1-3-8)6-2-4-9/h1-2,5-6H2. The highest BCUT2D eigenvalue weighted by molar-refractivity contribution is 14.1. The maximum absolute atomic E-state index is 8.20. The van der Waals surface area contributed by atoms with E-state index in [4.69, 9.17) is 10.5 Å². The molecule has 0 aliphatic rings. The van der Waals surface area contributed by atoms with Crippen molar-refractivity contribution < 1.29 is 0 Å². The van der Waals surface area contributed by atoms with Crippen LogP contribution < -0.4 is 0 Å². The zero-order valence-corrected chi connectivity index (χ0v) is 7.71. The zero-order chi connectivity index (χ0) is 7.82.